The van der Waals surface area contributed by atoms with Gasteiger partial charge in [0.25, 0.3) is 0 Å². The molecule has 2 aromatic rings. The fourth-order valence-electron chi connectivity index (χ4n) is 7.89. The van der Waals surface area contributed by atoms with Crippen LogP contribution in [0.5, 0.6) is 0 Å². The maximum atomic E-state index is 2.67. The molecule has 0 N–H and O–H groups in total. The molecule has 4 aliphatic rings. The Hall–Kier alpha value is -2.35. The van der Waals surface area contributed by atoms with E-state index in [4.69, 9.17) is 0 Å². The number of nitrogens with zero attached hydrogens (tertiary/aromatic N) is 2. The van der Waals surface area contributed by atoms with Gasteiger partial charge in [0, 0.05) is 41.9 Å². The predicted octanol–water partition coefficient (Wildman–Crippen LogP) is 7.76. The average molecular weight is 454 g/mol. The van der Waals surface area contributed by atoms with E-state index < -0.39 is 0 Å². The van der Waals surface area contributed by atoms with Gasteiger partial charge in [0.15, 0.2) is 5.71 Å². The molecule has 2 heteroatoms. The predicted molar refractivity (Wildman–Crippen MR) is 145 cm³/mol. The van der Waals surface area contributed by atoms with Gasteiger partial charge in [-0.3, -0.25) is 0 Å². The topological polar surface area (TPSA) is 6.25 Å². The Morgan fingerprint density at radius 2 is 1.79 bits per heavy atom. The number of aryl methyl sites for hydroxylation is 1. The highest BCUT2D eigenvalue weighted by Gasteiger charge is 2.51. The number of hydrogen-bond donors (Lipinski definition) is 0. The van der Waals surface area contributed by atoms with E-state index in [0.29, 0.717) is 0 Å². The first-order chi connectivity index (χ1) is 16.7. The molecule has 1 spiro atoms. The van der Waals surface area contributed by atoms with Crippen LogP contribution in [0, 0.1) is 0 Å². The number of fused-ring (bicyclic) bond motifs is 5. The minimum atomic E-state index is 0.206. The van der Waals surface area contributed by atoms with Crippen molar-refractivity contribution < 1.29 is 4.58 Å². The fourth-order valence-corrected chi connectivity index (χ4v) is 7.89. The number of rotatable bonds is 5. The third-order valence-corrected chi connectivity index (χ3v) is 9.49. The summed E-state index contributed by atoms with van der Waals surface area (Å²) in [5, 5.41) is 0. The minimum absolute atomic E-state index is 0.206. The van der Waals surface area contributed by atoms with Crippen LogP contribution in [0.4, 0.5) is 11.4 Å². The van der Waals surface area contributed by atoms with Crippen LogP contribution in [0.15, 0.2) is 42.5 Å². The first-order valence-electron chi connectivity index (χ1n) is 14.1. The molecular formula is C32H41N2+. The van der Waals surface area contributed by atoms with Crippen LogP contribution in [0.25, 0.3) is 6.08 Å². The van der Waals surface area contributed by atoms with E-state index >= 15 is 0 Å². The molecule has 0 bridgehead atoms. The standard InChI is InChI=1S/C32H41N2/c1-4-23-13-17-30-27(22-23)32(19-8-7-9-20-32)31(34(30)6-3)18-15-24-14-16-29-26(21-24)25-11-10-12-28(25)33(29)5-2/h13-18,21-22,25,28H,4-12,19-20H2,1-3H3/q+1. The number of hydrogen-bond acceptors (Lipinski definition) is 1. The van der Waals surface area contributed by atoms with Gasteiger partial charge in [-0.15, -0.1) is 0 Å². The van der Waals surface area contributed by atoms with Crippen molar-refractivity contribution >= 4 is 23.2 Å². The normalized spacial score (nSPS) is 24.9. The molecule has 2 nitrogen and oxygen atoms in total. The molecular weight excluding hydrogens is 412 g/mol. The second-order valence-electron chi connectivity index (χ2n) is 11.0. The summed E-state index contributed by atoms with van der Waals surface area (Å²) >= 11 is 0. The molecule has 2 unspecified atom stereocenters. The van der Waals surface area contributed by atoms with Crippen molar-refractivity contribution in [3.63, 3.8) is 0 Å². The Morgan fingerprint density at radius 1 is 0.941 bits per heavy atom. The van der Waals surface area contributed by atoms with E-state index in [-0.39, 0.29) is 5.41 Å². The molecule has 2 fully saturated rings. The lowest BCUT2D eigenvalue weighted by atomic mass is 9.67. The van der Waals surface area contributed by atoms with Crippen molar-refractivity contribution in [1.29, 1.82) is 0 Å². The van der Waals surface area contributed by atoms with Crippen LogP contribution in [-0.2, 0) is 11.8 Å². The Bertz CT molecular complexity index is 1150. The highest BCUT2D eigenvalue weighted by Crippen LogP contribution is 2.51. The van der Waals surface area contributed by atoms with Crippen LogP contribution in [0.2, 0.25) is 0 Å². The zero-order valence-electron chi connectivity index (χ0n) is 21.4. The highest BCUT2D eigenvalue weighted by atomic mass is 15.2. The Morgan fingerprint density at radius 3 is 2.56 bits per heavy atom. The fraction of sp³-hybridized carbons (Fsp3) is 0.531. The van der Waals surface area contributed by atoms with Gasteiger partial charge in [-0.25, -0.2) is 0 Å². The first kappa shape index (κ1) is 22.1. The second-order valence-corrected chi connectivity index (χ2v) is 11.0. The van der Waals surface area contributed by atoms with Gasteiger partial charge in [0.05, 0.1) is 5.41 Å². The summed E-state index contributed by atoms with van der Waals surface area (Å²) in [6.07, 6.45) is 16.8. The summed E-state index contributed by atoms with van der Waals surface area (Å²) in [5.41, 5.74) is 10.8. The smallest absolute Gasteiger partial charge is 0.209 e. The van der Waals surface area contributed by atoms with E-state index in [1.807, 2.05) is 0 Å². The second kappa shape index (κ2) is 8.70. The van der Waals surface area contributed by atoms with E-state index in [1.54, 1.807) is 16.8 Å². The molecule has 2 atom stereocenters. The molecule has 0 radical (unpaired) electrons. The summed E-state index contributed by atoms with van der Waals surface area (Å²) in [5.74, 6) is 0.746. The number of anilines is 1. The van der Waals surface area contributed by atoms with Crippen molar-refractivity contribution in [2.24, 2.45) is 0 Å². The van der Waals surface area contributed by atoms with E-state index in [1.165, 1.54) is 73.9 Å². The quantitative estimate of drug-likeness (QED) is 0.419. The largest absolute Gasteiger partial charge is 0.368 e. The van der Waals surface area contributed by atoms with Crippen molar-refractivity contribution in [1.82, 2.24) is 0 Å². The lowest BCUT2D eigenvalue weighted by Gasteiger charge is -2.31. The molecule has 178 valence electrons. The van der Waals surface area contributed by atoms with E-state index in [2.05, 4.69) is 78.8 Å². The summed E-state index contributed by atoms with van der Waals surface area (Å²) in [7, 11) is 0. The van der Waals surface area contributed by atoms with Crippen LogP contribution in [0.1, 0.15) is 100 Å². The molecule has 2 aliphatic heterocycles. The lowest BCUT2D eigenvalue weighted by Crippen LogP contribution is -2.36. The van der Waals surface area contributed by atoms with Crippen LogP contribution < -0.4 is 4.90 Å². The Labute approximate surface area is 206 Å². The van der Waals surface area contributed by atoms with Gasteiger partial charge < -0.3 is 4.90 Å². The molecule has 2 aliphatic carbocycles. The summed E-state index contributed by atoms with van der Waals surface area (Å²) in [4.78, 5) is 2.67. The average Bonchev–Trinajstić information content (AvgIpc) is 3.53. The van der Waals surface area contributed by atoms with Crippen LogP contribution in [-0.4, -0.2) is 29.4 Å². The van der Waals surface area contributed by atoms with Gasteiger partial charge in [0.2, 0.25) is 5.69 Å². The van der Waals surface area contributed by atoms with Crippen LogP contribution >= 0.6 is 0 Å². The molecule has 6 rings (SSSR count). The third-order valence-electron chi connectivity index (χ3n) is 9.49. The summed E-state index contributed by atoms with van der Waals surface area (Å²) in [6.45, 7) is 9.10. The summed E-state index contributed by atoms with van der Waals surface area (Å²) < 4.78 is 2.62. The maximum absolute atomic E-state index is 2.67. The van der Waals surface area contributed by atoms with Gasteiger partial charge in [0.1, 0.15) is 6.54 Å². The van der Waals surface area contributed by atoms with Gasteiger partial charge in [-0.05, 0) is 86.9 Å². The third kappa shape index (κ3) is 3.24. The SMILES string of the molecule is CCc1ccc2c(c1)C1(CCCCC1)C(/C=C/c1ccc3c(c1)C1CCCC1N3CC)=[N+]2CC. The molecule has 34 heavy (non-hydrogen) atoms. The molecule has 0 aromatic heterocycles. The molecule has 0 saturated heterocycles. The number of allylic oxidation sites excluding steroid dienone is 1. The monoisotopic (exact) mass is 453 g/mol. The van der Waals surface area contributed by atoms with Crippen LogP contribution in [0.3, 0.4) is 0 Å². The Kier molecular flexibility index (Phi) is 5.66. The minimum Gasteiger partial charge on any atom is -0.368 e. The van der Waals surface area contributed by atoms with Crippen molar-refractivity contribution in [3.8, 4) is 0 Å². The highest BCUT2D eigenvalue weighted by molar-refractivity contribution is 6.06. The molecule has 2 heterocycles. The zero-order valence-corrected chi connectivity index (χ0v) is 21.4. The number of benzene rings is 2. The number of likely N-dealkylation sites (N-methyl/N-ethyl adjacent to an activating group) is 1. The molecule has 0 amide bonds. The Balaban J connectivity index is 1.40. The lowest BCUT2D eigenvalue weighted by molar-refractivity contribution is -0.433. The van der Waals surface area contributed by atoms with Gasteiger partial charge in [-0.2, -0.15) is 4.58 Å². The van der Waals surface area contributed by atoms with Crippen molar-refractivity contribution in [3.05, 3.63) is 64.7 Å². The van der Waals surface area contributed by atoms with Gasteiger partial charge >= 0.3 is 0 Å². The van der Waals surface area contributed by atoms with Crippen molar-refractivity contribution in [2.45, 2.75) is 95.9 Å². The zero-order chi connectivity index (χ0) is 23.3. The molecule has 2 aromatic carbocycles. The molecule has 2 saturated carbocycles. The van der Waals surface area contributed by atoms with Crippen molar-refractivity contribution in [2.75, 3.05) is 18.0 Å². The maximum Gasteiger partial charge on any atom is 0.209 e. The summed E-state index contributed by atoms with van der Waals surface area (Å²) in [6, 6.07) is 15.3. The van der Waals surface area contributed by atoms with Gasteiger partial charge in [-0.1, -0.05) is 44.7 Å². The van der Waals surface area contributed by atoms with E-state index in [9.17, 15) is 0 Å². The van der Waals surface area contributed by atoms with E-state index in [0.717, 1.165) is 31.5 Å². The first-order valence-corrected chi connectivity index (χ1v) is 14.1.